The molecular formula is C65H55N. The summed E-state index contributed by atoms with van der Waals surface area (Å²) in [5, 5.41) is 0. The van der Waals surface area contributed by atoms with Crippen molar-refractivity contribution >= 4 is 22.6 Å². The molecule has 0 heterocycles. The maximum atomic E-state index is 5.88. The molecule has 0 radical (unpaired) electrons. The van der Waals surface area contributed by atoms with Crippen molar-refractivity contribution < 1.29 is 0 Å². The molecule has 8 aromatic carbocycles. The van der Waals surface area contributed by atoms with Crippen LogP contribution in [-0.2, 0) is 0 Å². The summed E-state index contributed by atoms with van der Waals surface area (Å²) in [6.07, 6.45) is 19.3. The lowest BCUT2D eigenvalue weighted by Gasteiger charge is -2.29. The van der Waals surface area contributed by atoms with Crippen LogP contribution in [0.2, 0.25) is 0 Å². The Morgan fingerprint density at radius 1 is 0.530 bits per heavy atom. The molecule has 0 N–H and O–H groups in total. The van der Waals surface area contributed by atoms with Crippen molar-refractivity contribution in [2.75, 3.05) is 4.90 Å². The summed E-state index contributed by atoms with van der Waals surface area (Å²) in [4.78, 5) is 2.35. The Morgan fingerprint density at radius 2 is 0.955 bits per heavy atom. The highest BCUT2D eigenvalue weighted by Crippen LogP contribution is 2.41. The predicted molar refractivity (Wildman–Crippen MR) is 282 cm³/mol. The summed E-state index contributed by atoms with van der Waals surface area (Å²) in [5.74, 6) is 4.03. The largest absolute Gasteiger partial charge is 0.311 e. The SMILES string of the molecule is C#CC(=CC=C(C)C1=CCC(CC(c2ccccc2)C(C)c2ccc(-c3ccc(N(c4ccc(-c5ccccc5)cc4)c4ccc(-c5ccccc5)cc4)cc3)cc2)C=C1)c1ccccc1. The van der Waals surface area contributed by atoms with Gasteiger partial charge in [-0.1, -0.05) is 219 Å². The van der Waals surface area contributed by atoms with Gasteiger partial charge in [-0.2, -0.15) is 0 Å². The average molecular weight is 850 g/mol. The van der Waals surface area contributed by atoms with E-state index in [0.717, 1.165) is 41.0 Å². The molecule has 8 aromatic rings. The average Bonchev–Trinajstić information content (AvgIpc) is 3.40. The number of rotatable bonds is 14. The first kappa shape index (κ1) is 43.3. The van der Waals surface area contributed by atoms with E-state index in [0.29, 0.717) is 17.8 Å². The second kappa shape index (κ2) is 20.7. The molecule has 1 nitrogen and oxygen atoms in total. The highest BCUT2D eigenvalue weighted by atomic mass is 15.1. The topological polar surface area (TPSA) is 3.24 Å². The van der Waals surface area contributed by atoms with Crippen molar-refractivity contribution in [3.8, 4) is 45.7 Å². The van der Waals surface area contributed by atoms with Crippen LogP contribution in [0.4, 0.5) is 17.1 Å². The van der Waals surface area contributed by atoms with Gasteiger partial charge in [0.2, 0.25) is 0 Å². The standard InChI is InChI=1S/C65H55N/c1-4-51(54-17-9-5-10-18-54)28-25-48(2)52-29-26-50(27-30-52)47-65(61-23-15-8-16-24-61)49(3)53-31-33-57(34-32-53)60-39-45-64(46-40-60)66(62-41-35-58(36-42-62)55-19-11-6-12-20-55)63-43-37-59(38-44-63)56-21-13-7-14-22-56/h1,5-26,28-46,49-50,65H,27,47H2,2-3H3. The van der Waals surface area contributed by atoms with Crippen LogP contribution in [0.5, 0.6) is 0 Å². The summed E-state index contributed by atoms with van der Waals surface area (Å²) in [5.41, 5.74) is 17.8. The quantitative estimate of drug-likeness (QED) is 0.0778. The molecule has 1 heteroatoms. The van der Waals surface area contributed by atoms with Crippen molar-refractivity contribution in [3.05, 3.63) is 277 Å². The zero-order valence-corrected chi connectivity index (χ0v) is 37.8. The third kappa shape index (κ3) is 10.2. The molecule has 66 heavy (non-hydrogen) atoms. The number of benzene rings is 8. The lowest BCUT2D eigenvalue weighted by molar-refractivity contribution is 0.457. The fourth-order valence-corrected chi connectivity index (χ4v) is 9.27. The molecule has 0 saturated heterocycles. The molecule has 0 bridgehead atoms. The zero-order chi connectivity index (χ0) is 45.1. The molecule has 3 atom stereocenters. The van der Waals surface area contributed by atoms with E-state index in [1.54, 1.807) is 0 Å². The van der Waals surface area contributed by atoms with Gasteiger partial charge >= 0.3 is 0 Å². The van der Waals surface area contributed by atoms with Crippen LogP contribution in [0.25, 0.3) is 39.0 Å². The molecule has 0 aromatic heterocycles. The molecule has 0 spiro atoms. The Labute approximate surface area is 392 Å². The molecule has 320 valence electrons. The Balaban J connectivity index is 0.919. The molecule has 0 aliphatic heterocycles. The molecular weight excluding hydrogens is 795 g/mol. The van der Waals surface area contributed by atoms with Crippen molar-refractivity contribution in [3.63, 3.8) is 0 Å². The summed E-state index contributed by atoms with van der Waals surface area (Å²) in [6.45, 7) is 4.57. The first-order chi connectivity index (χ1) is 32.5. The maximum absolute atomic E-state index is 5.88. The Kier molecular flexibility index (Phi) is 13.6. The fraction of sp³-hybridized carbons (Fsp3) is 0.108. The van der Waals surface area contributed by atoms with E-state index in [1.165, 1.54) is 55.7 Å². The maximum Gasteiger partial charge on any atom is 0.0462 e. The molecule has 3 unspecified atom stereocenters. The highest BCUT2D eigenvalue weighted by Gasteiger charge is 2.25. The smallest absolute Gasteiger partial charge is 0.0462 e. The Morgan fingerprint density at radius 3 is 1.39 bits per heavy atom. The number of hydrogen-bond acceptors (Lipinski definition) is 1. The summed E-state index contributed by atoms with van der Waals surface area (Å²) < 4.78 is 0. The number of terminal acetylenes is 1. The van der Waals surface area contributed by atoms with Gasteiger partial charge < -0.3 is 4.90 Å². The van der Waals surface area contributed by atoms with Gasteiger partial charge in [-0.15, -0.1) is 6.42 Å². The van der Waals surface area contributed by atoms with E-state index >= 15 is 0 Å². The molecule has 1 aliphatic rings. The van der Waals surface area contributed by atoms with Crippen LogP contribution < -0.4 is 4.90 Å². The lowest BCUT2D eigenvalue weighted by atomic mass is 9.75. The minimum absolute atomic E-state index is 0.338. The van der Waals surface area contributed by atoms with Crippen molar-refractivity contribution in [2.24, 2.45) is 5.92 Å². The third-order valence-corrected chi connectivity index (χ3v) is 13.1. The Hall–Kier alpha value is -7.92. The van der Waals surface area contributed by atoms with E-state index in [2.05, 4.69) is 255 Å². The van der Waals surface area contributed by atoms with Gasteiger partial charge in [-0.3, -0.25) is 0 Å². The van der Waals surface area contributed by atoms with Crippen LogP contribution >= 0.6 is 0 Å². The Bertz CT molecular complexity index is 2900. The van der Waals surface area contributed by atoms with Gasteiger partial charge in [-0.25, -0.2) is 0 Å². The van der Waals surface area contributed by atoms with Gasteiger partial charge in [0.1, 0.15) is 0 Å². The third-order valence-electron chi connectivity index (χ3n) is 13.1. The van der Waals surface area contributed by atoms with E-state index in [-0.39, 0.29) is 0 Å². The van der Waals surface area contributed by atoms with E-state index in [9.17, 15) is 0 Å². The first-order valence-corrected chi connectivity index (χ1v) is 23.2. The van der Waals surface area contributed by atoms with Gasteiger partial charge in [0, 0.05) is 22.6 Å². The van der Waals surface area contributed by atoms with Crippen LogP contribution in [0, 0.1) is 18.3 Å². The van der Waals surface area contributed by atoms with Gasteiger partial charge in [-0.05, 0) is 141 Å². The zero-order valence-electron chi connectivity index (χ0n) is 37.8. The van der Waals surface area contributed by atoms with E-state index in [4.69, 9.17) is 6.42 Å². The van der Waals surface area contributed by atoms with E-state index < -0.39 is 0 Å². The minimum atomic E-state index is 0.338. The van der Waals surface area contributed by atoms with Gasteiger partial charge in [0.15, 0.2) is 0 Å². The fourth-order valence-electron chi connectivity index (χ4n) is 9.27. The number of hydrogen-bond donors (Lipinski definition) is 0. The summed E-state index contributed by atoms with van der Waals surface area (Å²) in [6, 6.07) is 78.5. The molecule has 0 amide bonds. The molecule has 9 rings (SSSR count). The van der Waals surface area contributed by atoms with E-state index in [1.807, 2.05) is 18.2 Å². The molecule has 1 aliphatic carbocycles. The second-order valence-electron chi connectivity index (χ2n) is 17.3. The van der Waals surface area contributed by atoms with Crippen molar-refractivity contribution in [1.82, 2.24) is 0 Å². The van der Waals surface area contributed by atoms with Crippen molar-refractivity contribution in [1.29, 1.82) is 0 Å². The van der Waals surface area contributed by atoms with Crippen LogP contribution in [0.15, 0.2) is 260 Å². The van der Waals surface area contributed by atoms with Gasteiger partial charge in [0.05, 0.1) is 0 Å². The first-order valence-electron chi connectivity index (χ1n) is 23.2. The number of anilines is 3. The number of nitrogens with zero attached hydrogens (tertiary/aromatic N) is 1. The monoisotopic (exact) mass is 849 g/mol. The minimum Gasteiger partial charge on any atom is -0.311 e. The second-order valence-corrected chi connectivity index (χ2v) is 17.3. The van der Waals surface area contributed by atoms with Crippen molar-refractivity contribution in [2.45, 2.75) is 38.5 Å². The van der Waals surface area contributed by atoms with Crippen LogP contribution in [0.1, 0.15) is 55.2 Å². The number of allylic oxidation sites excluding steroid dienone is 8. The van der Waals surface area contributed by atoms with Gasteiger partial charge in [0.25, 0.3) is 0 Å². The molecule has 0 fully saturated rings. The normalized spacial score (nSPS) is 14.7. The highest BCUT2D eigenvalue weighted by molar-refractivity contribution is 5.82. The molecule has 0 saturated carbocycles. The predicted octanol–water partition coefficient (Wildman–Crippen LogP) is 17.6. The lowest BCUT2D eigenvalue weighted by Crippen LogP contribution is -2.14. The van der Waals surface area contributed by atoms with Crippen LogP contribution in [-0.4, -0.2) is 0 Å². The summed E-state index contributed by atoms with van der Waals surface area (Å²) in [7, 11) is 0. The van der Waals surface area contributed by atoms with Crippen LogP contribution in [0.3, 0.4) is 0 Å². The summed E-state index contributed by atoms with van der Waals surface area (Å²) >= 11 is 0.